The highest BCUT2D eigenvalue weighted by Gasteiger charge is 2.37. The molecule has 0 saturated heterocycles. The standard InChI is InChI=1S/C35H22N2O2S/c38-40(39)30-14-6-13-28-34(30)37(35(36-28)23-7-2-1-3-8-23)29-18-17-24(20-31(29)40)27-19-25-11-4-9-21-15-16-22-10-5-12-26(27)33(22)32(21)25/h1-10,12-20,33H,11H2. The lowest BCUT2D eigenvalue weighted by atomic mass is 9.66. The minimum Gasteiger partial charge on any atom is -0.290 e. The molecule has 2 heterocycles. The number of nitrogens with zero attached hydrogens (tertiary/aromatic N) is 2. The van der Waals surface area contributed by atoms with Crippen molar-refractivity contribution in [2.24, 2.45) is 5.92 Å². The molecule has 3 aromatic carbocycles. The van der Waals surface area contributed by atoms with Crippen LogP contribution in [0.15, 0.2) is 153 Å². The minimum absolute atomic E-state index is 0.177. The van der Waals surface area contributed by atoms with Gasteiger partial charge in [-0.1, -0.05) is 91.1 Å². The van der Waals surface area contributed by atoms with Crippen molar-refractivity contribution in [3.05, 3.63) is 149 Å². The van der Waals surface area contributed by atoms with Gasteiger partial charge in [0, 0.05) is 11.5 Å². The molecule has 0 bridgehead atoms. The summed E-state index contributed by atoms with van der Waals surface area (Å²) in [6.07, 6.45) is 18.5. The van der Waals surface area contributed by atoms with E-state index < -0.39 is 9.84 Å². The van der Waals surface area contributed by atoms with Crippen LogP contribution in [0.2, 0.25) is 0 Å². The summed E-state index contributed by atoms with van der Waals surface area (Å²) in [6, 6.07) is 21.2. The first-order chi connectivity index (χ1) is 19.6. The van der Waals surface area contributed by atoms with Gasteiger partial charge in [-0.25, -0.2) is 13.4 Å². The number of hydrogen-bond acceptors (Lipinski definition) is 3. The van der Waals surface area contributed by atoms with Crippen LogP contribution in [0.25, 0.3) is 33.7 Å². The van der Waals surface area contributed by atoms with Crippen LogP contribution in [0.1, 0.15) is 12.0 Å². The van der Waals surface area contributed by atoms with Crippen LogP contribution < -0.4 is 0 Å². The zero-order valence-electron chi connectivity index (χ0n) is 21.4. The Morgan fingerprint density at radius 2 is 1.75 bits per heavy atom. The third-order valence-corrected chi connectivity index (χ3v) is 10.5. The molecule has 9 rings (SSSR count). The number of rotatable bonds is 2. The molecule has 4 nitrogen and oxygen atoms in total. The van der Waals surface area contributed by atoms with Crippen LogP contribution in [0.5, 0.6) is 0 Å². The molecule has 40 heavy (non-hydrogen) atoms. The largest absolute Gasteiger partial charge is 0.290 e. The summed E-state index contributed by atoms with van der Waals surface area (Å²) in [5.74, 6) is 0.917. The maximum absolute atomic E-state index is 14.2. The Bertz CT molecular complexity index is 2180. The normalized spacial score (nSPS) is 20.9. The molecule has 0 saturated carbocycles. The molecule has 5 aliphatic rings. The third-order valence-electron chi connectivity index (χ3n) is 8.64. The van der Waals surface area contributed by atoms with Gasteiger partial charge in [0.1, 0.15) is 5.82 Å². The first kappa shape index (κ1) is 22.1. The van der Waals surface area contributed by atoms with E-state index >= 15 is 0 Å². The first-order valence-corrected chi connectivity index (χ1v) is 15.0. The smallest absolute Gasteiger partial charge is 0.210 e. The molecular formula is C35H22N2O2S. The molecule has 5 heteroatoms. The van der Waals surface area contributed by atoms with Gasteiger partial charge in [0.25, 0.3) is 0 Å². The maximum atomic E-state index is 14.2. The van der Waals surface area contributed by atoms with Gasteiger partial charge in [-0.15, -0.1) is 0 Å². The number of fused-ring (bicyclic) bond motifs is 2. The molecule has 190 valence electrons. The van der Waals surface area contributed by atoms with Crippen LogP contribution in [0.4, 0.5) is 0 Å². The van der Waals surface area contributed by atoms with Gasteiger partial charge in [-0.2, -0.15) is 0 Å². The second-order valence-electron chi connectivity index (χ2n) is 10.8. The molecule has 1 aromatic heterocycles. The highest BCUT2D eigenvalue weighted by atomic mass is 32.2. The second kappa shape index (κ2) is 7.68. The van der Waals surface area contributed by atoms with Crippen molar-refractivity contribution in [2.45, 2.75) is 16.2 Å². The Kier molecular flexibility index (Phi) is 4.24. The molecule has 0 amide bonds. The molecule has 1 unspecified atom stereocenters. The molecule has 4 aromatic rings. The fraction of sp³-hybridized carbons (Fsp3) is 0.0571. The van der Waals surface area contributed by atoms with Crippen molar-refractivity contribution in [3.63, 3.8) is 0 Å². The van der Waals surface area contributed by atoms with Crippen molar-refractivity contribution in [3.8, 4) is 17.1 Å². The van der Waals surface area contributed by atoms with Crippen molar-refractivity contribution < 1.29 is 8.42 Å². The molecule has 1 aliphatic heterocycles. The lowest BCUT2D eigenvalue weighted by molar-refractivity contribution is 0.594. The van der Waals surface area contributed by atoms with E-state index in [1.54, 1.807) is 12.1 Å². The molecule has 0 N–H and O–H groups in total. The lowest BCUT2D eigenvalue weighted by Gasteiger charge is -2.37. The summed E-state index contributed by atoms with van der Waals surface area (Å²) < 4.78 is 30.3. The number of benzene rings is 3. The summed E-state index contributed by atoms with van der Waals surface area (Å²) in [6.45, 7) is 0. The summed E-state index contributed by atoms with van der Waals surface area (Å²) >= 11 is 0. The topological polar surface area (TPSA) is 52.0 Å². The average Bonchev–Trinajstić information content (AvgIpc) is 3.39. The zero-order chi connectivity index (χ0) is 26.6. The van der Waals surface area contributed by atoms with Crippen LogP contribution in [-0.4, -0.2) is 18.0 Å². The number of aromatic nitrogens is 2. The van der Waals surface area contributed by atoms with E-state index in [0.29, 0.717) is 26.5 Å². The maximum Gasteiger partial charge on any atom is 0.210 e. The van der Waals surface area contributed by atoms with Crippen LogP contribution in [0.3, 0.4) is 0 Å². The van der Waals surface area contributed by atoms with E-state index in [2.05, 4.69) is 54.7 Å². The number of imidazole rings is 1. The summed E-state index contributed by atoms with van der Waals surface area (Å²) in [7, 11) is -3.76. The highest BCUT2D eigenvalue weighted by molar-refractivity contribution is 7.92. The van der Waals surface area contributed by atoms with Gasteiger partial charge in [0.2, 0.25) is 9.84 Å². The Balaban J connectivity index is 1.30. The Hall–Kier alpha value is -4.74. The van der Waals surface area contributed by atoms with Gasteiger partial charge in [0.15, 0.2) is 0 Å². The minimum atomic E-state index is -3.76. The van der Waals surface area contributed by atoms with Crippen molar-refractivity contribution in [2.75, 3.05) is 0 Å². The van der Waals surface area contributed by atoms with E-state index in [1.807, 2.05) is 53.1 Å². The van der Waals surface area contributed by atoms with Gasteiger partial charge in [-0.3, -0.25) is 4.57 Å². The highest BCUT2D eigenvalue weighted by Crippen LogP contribution is 2.52. The quantitative estimate of drug-likeness (QED) is 0.236. The zero-order valence-corrected chi connectivity index (χ0v) is 22.2. The second-order valence-corrected chi connectivity index (χ2v) is 12.6. The van der Waals surface area contributed by atoms with Gasteiger partial charge < -0.3 is 0 Å². The van der Waals surface area contributed by atoms with E-state index in [0.717, 1.165) is 28.9 Å². The predicted molar refractivity (Wildman–Crippen MR) is 158 cm³/mol. The Labute approximate surface area is 231 Å². The Morgan fingerprint density at radius 1 is 0.850 bits per heavy atom. The number of sulfone groups is 1. The first-order valence-electron chi connectivity index (χ1n) is 13.5. The lowest BCUT2D eigenvalue weighted by Crippen LogP contribution is -2.23. The monoisotopic (exact) mass is 534 g/mol. The van der Waals surface area contributed by atoms with Crippen LogP contribution >= 0.6 is 0 Å². The molecular weight excluding hydrogens is 512 g/mol. The summed E-state index contributed by atoms with van der Waals surface area (Å²) in [5, 5.41) is 0. The van der Waals surface area contributed by atoms with Crippen LogP contribution in [0, 0.1) is 5.92 Å². The van der Waals surface area contributed by atoms with Crippen LogP contribution in [-0.2, 0) is 9.84 Å². The van der Waals surface area contributed by atoms with Crippen molar-refractivity contribution in [1.82, 2.24) is 9.55 Å². The van der Waals surface area contributed by atoms with Gasteiger partial charge in [0.05, 0.1) is 26.5 Å². The number of hydrogen-bond donors (Lipinski definition) is 0. The third kappa shape index (κ3) is 2.80. The van der Waals surface area contributed by atoms with Gasteiger partial charge in [-0.05, 0) is 69.7 Å². The fourth-order valence-corrected chi connectivity index (χ4v) is 8.57. The average molecular weight is 535 g/mol. The molecule has 1 atom stereocenters. The Morgan fingerprint density at radius 3 is 2.65 bits per heavy atom. The summed E-state index contributed by atoms with van der Waals surface area (Å²) in [4.78, 5) is 5.52. The molecule has 4 aliphatic carbocycles. The fourth-order valence-electron chi connectivity index (χ4n) is 6.91. The number of allylic oxidation sites excluding steroid dienone is 14. The predicted octanol–water partition coefficient (Wildman–Crippen LogP) is 7.47. The molecule has 0 fully saturated rings. The van der Waals surface area contributed by atoms with E-state index in [1.165, 1.54) is 27.9 Å². The van der Waals surface area contributed by atoms with E-state index in [9.17, 15) is 8.42 Å². The van der Waals surface area contributed by atoms with Gasteiger partial charge >= 0.3 is 0 Å². The molecule has 0 spiro atoms. The number of para-hydroxylation sites is 1. The summed E-state index contributed by atoms with van der Waals surface area (Å²) in [5.41, 5.74) is 11.4. The van der Waals surface area contributed by atoms with E-state index in [-0.39, 0.29) is 5.92 Å². The molecule has 0 radical (unpaired) electrons. The van der Waals surface area contributed by atoms with Crippen molar-refractivity contribution >= 4 is 26.4 Å². The van der Waals surface area contributed by atoms with E-state index in [4.69, 9.17) is 4.98 Å². The van der Waals surface area contributed by atoms with Crippen molar-refractivity contribution in [1.29, 1.82) is 0 Å². The SMILES string of the molecule is O=S1(=O)c2cc(C3=CC4=C5C(=CC=C6C=CC=C3C65)C=CC4)ccc2-n2c(-c3ccccc3)nc3cccc1c32.